The predicted molar refractivity (Wildman–Crippen MR) is 94.6 cm³/mol. The molecule has 126 valence electrons. The van der Waals surface area contributed by atoms with Crippen molar-refractivity contribution in [1.82, 2.24) is 9.13 Å². The lowest BCUT2D eigenvalue weighted by molar-refractivity contribution is 0.0924. The number of ether oxygens (including phenoxy) is 1. The number of aliphatic hydroxyl groups excluding tert-OH is 1. The number of benzene rings is 2. The Hall–Kier alpha value is -2.53. The van der Waals surface area contributed by atoms with Gasteiger partial charge in [0.15, 0.2) is 0 Å². The van der Waals surface area contributed by atoms with E-state index in [9.17, 15) is 9.90 Å². The molecule has 0 saturated carbocycles. The van der Waals surface area contributed by atoms with E-state index in [1.54, 1.807) is 16.2 Å². The molecule has 1 heterocycles. The zero-order valence-electron chi connectivity index (χ0n) is 14.2. The van der Waals surface area contributed by atoms with E-state index in [0.29, 0.717) is 0 Å². The Balaban J connectivity index is 1.75. The summed E-state index contributed by atoms with van der Waals surface area (Å²) >= 11 is 0. The van der Waals surface area contributed by atoms with Crippen LogP contribution >= 0.6 is 0 Å². The van der Waals surface area contributed by atoms with E-state index in [1.807, 2.05) is 50.2 Å². The molecule has 0 aliphatic heterocycles. The Labute approximate surface area is 140 Å². The monoisotopic (exact) mass is 326 g/mol. The van der Waals surface area contributed by atoms with Crippen LogP contribution in [0.25, 0.3) is 11.0 Å². The van der Waals surface area contributed by atoms with E-state index in [4.69, 9.17) is 4.74 Å². The number of hydrogen-bond donors (Lipinski definition) is 1. The van der Waals surface area contributed by atoms with Gasteiger partial charge in [-0.3, -0.25) is 9.13 Å². The zero-order valence-corrected chi connectivity index (χ0v) is 14.2. The number of hydrogen-bond acceptors (Lipinski definition) is 3. The fourth-order valence-electron chi connectivity index (χ4n) is 3.01. The van der Waals surface area contributed by atoms with E-state index in [1.165, 1.54) is 0 Å². The van der Waals surface area contributed by atoms with Crippen LogP contribution in [0.2, 0.25) is 0 Å². The van der Waals surface area contributed by atoms with E-state index in [-0.39, 0.29) is 18.8 Å². The van der Waals surface area contributed by atoms with Crippen LogP contribution in [0.1, 0.15) is 11.1 Å². The highest BCUT2D eigenvalue weighted by Gasteiger charge is 2.14. The SMILES string of the molecule is Cc1cc(C)cc(OCC(O)Cn2c(=O)n(C)c3ccccc32)c1. The van der Waals surface area contributed by atoms with E-state index < -0.39 is 6.10 Å². The molecule has 0 spiro atoms. The second kappa shape index (κ2) is 6.53. The molecule has 0 aliphatic rings. The first-order valence-corrected chi connectivity index (χ1v) is 7.99. The summed E-state index contributed by atoms with van der Waals surface area (Å²) in [5, 5.41) is 10.3. The van der Waals surface area contributed by atoms with E-state index >= 15 is 0 Å². The summed E-state index contributed by atoms with van der Waals surface area (Å²) in [7, 11) is 1.74. The molecule has 3 rings (SSSR count). The Bertz CT molecular complexity index is 904. The number of fused-ring (bicyclic) bond motifs is 1. The maximum absolute atomic E-state index is 12.4. The average molecular weight is 326 g/mol. The molecule has 1 N–H and O–H groups in total. The van der Waals surface area contributed by atoms with Gasteiger partial charge in [-0.1, -0.05) is 18.2 Å². The van der Waals surface area contributed by atoms with Crippen LogP contribution in [0, 0.1) is 13.8 Å². The van der Waals surface area contributed by atoms with Crippen LogP contribution in [0.3, 0.4) is 0 Å². The Morgan fingerprint density at radius 2 is 1.71 bits per heavy atom. The number of aromatic nitrogens is 2. The number of aryl methyl sites for hydroxylation is 3. The molecule has 0 fully saturated rings. The Morgan fingerprint density at radius 3 is 2.38 bits per heavy atom. The second-order valence-corrected chi connectivity index (χ2v) is 6.23. The summed E-state index contributed by atoms with van der Waals surface area (Å²) in [4.78, 5) is 12.4. The lowest BCUT2D eigenvalue weighted by Gasteiger charge is -2.14. The van der Waals surface area contributed by atoms with Crippen LogP contribution in [-0.4, -0.2) is 27.0 Å². The van der Waals surface area contributed by atoms with Gasteiger partial charge in [0.2, 0.25) is 0 Å². The topological polar surface area (TPSA) is 56.4 Å². The third-order valence-corrected chi connectivity index (χ3v) is 4.08. The number of rotatable bonds is 5. The van der Waals surface area contributed by atoms with Gasteiger partial charge in [0, 0.05) is 7.05 Å². The number of para-hydroxylation sites is 2. The van der Waals surface area contributed by atoms with Gasteiger partial charge < -0.3 is 9.84 Å². The molecule has 5 nitrogen and oxygen atoms in total. The summed E-state index contributed by atoms with van der Waals surface area (Å²) in [6.07, 6.45) is -0.769. The quantitative estimate of drug-likeness (QED) is 0.783. The molecular formula is C19H22N2O3. The average Bonchev–Trinajstić information content (AvgIpc) is 2.78. The fourth-order valence-corrected chi connectivity index (χ4v) is 3.01. The largest absolute Gasteiger partial charge is 0.491 e. The molecule has 2 aromatic carbocycles. The third-order valence-electron chi connectivity index (χ3n) is 4.08. The highest BCUT2D eigenvalue weighted by atomic mass is 16.5. The maximum Gasteiger partial charge on any atom is 0.328 e. The summed E-state index contributed by atoms with van der Waals surface area (Å²) in [5.74, 6) is 0.733. The zero-order chi connectivity index (χ0) is 17.3. The molecule has 0 radical (unpaired) electrons. The van der Waals surface area contributed by atoms with Gasteiger partial charge in [-0.05, 0) is 49.2 Å². The van der Waals surface area contributed by atoms with Crippen molar-refractivity contribution in [2.45, 2.75) is 26.5 Å². The Morgan fingerprint density at radius 1 is 1.08 bits per heavy atom. The van der Waals surface area contributed by atoms with Crippen molar-refractivity contribution in [1.29, 1.82) is 0 Å². The normalized spacial score (nSPS) is 12.5. The highest BCUT2D eigenvalue weighted by Crippen LogP contribution is 2.17. The minimum Gasteiger partial charge on any atom is -0.491 e. The van der Waals surface area contributed by atoms with Crippen molar-refractivity contribution >= 4 is 11.0 Å². The minimum atomic E-state index is -0.769. The molecule has 0 saturated heterocycles. The van der Waals surface area contributed by atoms with Crippen LogP contribution in [0.15, 0.2) is 47.3 Å². The number of imidazole rings is 1. The molecule has 0 bridgehead atoms. The molecule has 1 aromatic heterocycles. The predicted octanol–water partition coefficient (Wildman–Crippen LogP) is 2.40. The molecule has 1 unspecified atom stereocenters. The molecule has 1 atom stereocenters. The van der Waals surface area contributed by atoms with Gasteiger partial charge in [-0.2, -0.15) is 0 Å². The first-order valence-electron chi connectivity index (χ1n) is 7.99. The molecule has 3 aromatic rings. The van der Waals surface area contributed by atoms with Gasteiger partial charge >= 0.3 is 5.69 Å². The first-order chi connectivity index (χ1) is 11.5. The maximum atomic E-state index is 12.4. The van der Waals surface area contributed by atoms with Gasteiger partial charge in [-0.25, -0.2) is 4.79 Å². The third kappa shape index (κ3) is 3.21. The summed E-state index contributed by atoms with van der Waals surface area (Å²) in [6.45, 7) is 4.35. The van der Waals surface area contributed by atoms with Crippen molar-refractivity contribution in [3.05, 3.63) is 64.1 Å². The molecule has 24 heavy (non-hydrogen) atoms. The summed E-state index contributed by atoms with van der Waals surface area (Å²) in [5.41, 5.74) is 3.76. The van der Waals surface area contributed by atoms with Gasteiger partial charge in [0.05, 0.1) is 17.6 Å². The van der Waals surface area contributed by atoms with Crippen molar-refractivity contribution < 1.29 is 9.84 Å². The van der Waals surface area contributed by atoms with Crippen molar-refractivity contribution in [3.8, 4) is 5.75 Å². The van der Waals surface area contributed by atoms with Gasteiger partial charge in [0.1, 0.15) is 18.5 Å². The molecule has 5 heteroatoms. The fraction of sp³-hybridized carbons (Fsp3) is 0.316. The van der Waals surface area contributed by atoms with Gasteiger partial charge in [-0.15, -0.1) is 0 Å². The molecule has 0 aliphatic carbocycles. The number of nitrogens with zero attached hydrogens (tertiary/aromatic N) is 2. The van der Waals surface area contributed by atoms with E-state index in [0.717, 1.165) is 27.9 Å². The summed E-state index contributed by atoms with van der Waals surface area (Å²) in [6, 6.07) is 13.5. The molecule has 0 amide bonds. The van der Waals surface area contributed by atoms with Crippen LogP contribution < -0.4 is 10.4 Å². The second-order valence-electron chi connectivity index (χ2n) is 6.23. The van der Waals surface area contributed by atoms with Crippen molar-refractivity contribution in [2.24, 2.45) is 7.05 Å². The summed E-state index contributed by atoms with van der Waals surface area (Å²) < 4.78 is 8.87. The number of aliphatic hydroxyl groups is 1. The standard InChI is InChI=1S/C19H22N2O3/c1-13-8-14(2)10-16(9-13)24-12-15(22)11-21-18-7-5-4-6-17(18)20(3)19(21)23/h4-10,15,22H,11-12H2,1-3H3. The van der Waals surface area contributed by atoms with Crippen LogP contribution in [0.5, 0.6) is 5.75 Å². The van der Waals surface area contributed by atoms with Crippen LogP contribution in [-0.2, 0) is 13.6 Å². The van der Waals surface area contributed by atoms with Gasteiger partial charge in [0.25, 0.3) is 0 Å². The van der Waals surface area contributed by atoms with Crippen molar-refractivity contribution in [3.63, 3.8) is 0 Å². The Kier molecular flexibility index (Phi) is 4.44. The lowest BCUT2D eigenvalue weighted by atomic mass is 10.1. The van der Waals surface area contributed by atoms with Crippen molar-refractivity contribution in [2.75, 3.05) is 6.61 Å². The minimum absolute atomic E-state index is 0.137. The molecular weight excluding hydrogens is 304 g/mol. The first kappa shape index (κ1) is 16.3. The van der Waals surface area contributed by atoms with Crippen LogP contribution in [0.4, 0.5) is 0 Å². The van der Waals surface area contributed by atoms with E-state index in [2.05, 4.69) is 6.07 Å². The lowest BCUT2D eigenvalue weighted by Crippen LogP contribution is -2.30. The highest BCUT2D eigenvalue weighted by molar-refractivity contribution is 5.75. The smallest absolute Gasteiger partial charge is 0.328 e.